The van der Waals surface area contributed by atoms with Crippen LogP contribution in [0.2, 0.25) is 0 Å². The van der Waals surface area contributed by atoms with Gasteiger partial charge in [0.2, 0.25) is 0 Å². The molecule has 0 atom stereocenters. The van der Waals surface area contributed by atoms with Crippen molar-refractivity contribution < 1.29 is 37.0 Å². The summed E-state index contributed by atoms with van der Waals surface area (Å²) in [6.07, 6.45) is -3.62. The van der Waals surface area contributed by atoms with Crippen LogP contribution in [0.1, 0.15) is 25.0 Å². The second-order valence-corrected chi connectivity index (χ2v) is 5.19. The van der Waals surface area contributed by atoms with E-state index < -0.39 is 35.0 Å². The van der Waals surface area contributed by atoms with Gasteiger partial charge in [0.1, 0.15) is 11.3 Å². The minimum Gasteiger partial charge on any atom is -0.496 e. The number of rotatable bonds is 2. The molecule has 1 fully saturated rings. The Morgan fingerprint density at radius 1 is 1.13 bits per heavy atom. The Balaban J connectivity index is 2.49. The van der Waals surface area contributed by atoms with Gasteiger partial charge in [0.05, 0.1) is 12.7 Å². The number of carbonyl (C=O) groups excluding carboxylic acids is 2. The van der Waals surface area contributed by atoms with Gasteiger partial charge in [-0.15, -0.1) is 0 Å². The van der Waals surface area contributed by atoms with Gasteiger partial charge in [-0.05, 0) is 24.3 Å². The lowest BCUT2D eigenvalue weighted by molar-refractivity contribution is -0.222. The van der Waals surface area contributed by atoms with Crippen LogP contribution in [-0.4, -0.2) is 24.8 Å². The van der Waals surface area contributed by atoms with E-state index in [2.05, 4.69) is 0 Å². The van der Waals surface area contributed by atoms with Crippen molar-refractivity contribution in [1.82, 2.24) is 0 Å². The fourth-order valence-electron chi connectivity index (χ4n) is 1.96. The predicted octanol–water partition coefficient (Wildman–Crippen LogP) is 2.93. The van der Waals surface area contributed by atoms with Gasteiger partial charge in [-0.2, -0.15) is 13.2 Å². The van der Waals surface area contributed by atoms with Crippen LogP contribution in [0.25, 0.3) is 6.08 Å². The van der Waals surface area contributed by atoms with Crippen LogP contribution in [0.5, 0.6) is 5.75 Å². The average molecular weight is 330 g/mol. The summed E-state index contributed by atoms with van der Waals surface area (Å²) in [6, 6.07) is 2.70. The molecular weight excluding hydrogens is 317 g/mol. The van der Waals surface area contributed by atoms with E-state index in [4.69, 9.17) is 14.2 Å². The zero-order valence-corrected chi connectivity index (χ0v) is 12.5. The van der Waals surface area contributed by atoms with E-state index in [-0.39, 0.29) is 11.3 Å². The van der Waals surface area contributed by atoms with Crippen LogP contribution >= 0.6 is 0 Å². The molecule has 2 rings (SSSR count). The van der Waals surface area contributed by atoms with E-state index in [0.29, 0.717) is 0 Å². The van der Waals surface area contributed by atoms with Crippen molar-refractivity contribution in [2.45, 2.75) is 25.8 Å². The van der Waals surface area contributed by atoms with E-state index >= 15 is 0 Å². The normalized spacial score (nSPS) is 17.4. The van der Waals surface area contributed by atoms with Crippen molar-refractivity contribution in [3.63, 3.8) is 0 Å². The summed E-state index contributed by atoms with van der Waals surface area (Å²) < 4.78 is 53.1. The number of carbonyl (C=O) groups is 2. The number of benzene rings is 1. The molecule has 1 aliphatic heterocycles. The van der Waals surface area contributed by atoms with Crippen LogP contribution in [0.15, 0.2) is 23.8 Å². The molecule has 124 valence electrons. The third-order valence-corrected chi connectivity index (χ3v) is 2.97. The fourth-order valence-corrected chi connectivity index (χ4v) is 1.96. The first-order valence-electron chi connectivity index (χ1n) is 6.47. The molecule has 1 aliphatic rings. The highest BCUT2D eigenvalue weighted by atomic mass is 19.4. The Bertz CT molecular complexity index is 667. The lowest BCUT2D eigenvalue weighted by Crippen LogP contribution is -2.41. The SMILES string of the molecule is COc1ccc(C(F)(F)F)cc1C=C1C(=O)OC(C)(C)OC1=O. The van der Waals surface area contributed by atoms with E-state index in [0.717, 1.165) is 24.3 Å². The van der Waals surface area contributed by atoms with Gasteiger partial charge in [0.25, 0.3) is 5.79 Å². The van der Waals surface area contributed by atoms with Crippen molar-refractivity contribution in [1.29, 1.82) is 0 Å². The van der Waals surface area contributed by atoms with Crippen LogP contribution in [0.3, 0.4) is 0 Å². The summed E-state index contributed by atoms with van der Waals surface area (Å²) in [5.74, 6) is -3.32. The van der Waals surface area contributed by atoms with E-state index in [1.807, 2.05) is 0 Å². The molecule has 0 amide bonds. The molecule has 5 nitrogen and oxygen atoms in total. The summed E-state index contributed by atoms with van der Waals surface area (Å²) in [5, 5.41) is 0. The highest BCUT2D eigenvalue weighted by molar-refractivity contribution is 6.19. The number of esters is 2. The van der Waals surface area contributed by atoms with Gasteiger partial charge in [-0.3, -0.25) is 0 Å². The smallest absolute Gasteiger partial charge is 0.416 e. The molecule has 0 radical (unpaired) electrons. The Morgan fingerprint density at radius 3 is 2.17 bits per heavy atom. The van der Waals surface area contributed by atoms with Crippen LogP contribution in [0.4, 0.5) is 13.2 Å². The highest BCUT2D eigenvalue weighted by Gasteiger charge is 2.39. The lowest BCUT2D eigenvalue weighted by atomic mass is 10.1. The van der Waals surface area contributed by atoms with Gasteiger partial charge in [0.15, 0.2) is 0 Å². The summed E-state index contributed by atoms with van der Waals surface area (Å²) in [7, 11) is 1.26. The Hall–Kier alpha value is -2.51. The average Bonchev–Trinajstić information content (AvgIpc) is 2.40. The lowest BCUT2D eigenvalue weighted by Gasteiger charge is -2.29. The monoisotopic (exact) mass is 330 g/mol. The summed E-state index contributed by atoms with van der Waals surface area (Å²) in [5.41, 5.74) is -1.55. The van der Waals surface area contributed by atoms with Crippen LogP contribution in [0, 0.1) is 0 Å². The van der Waals surface area contributed by atoms with Crippen molar-refractivity contribution in [2.75, 3.05) is 7.11 Å². The summed E-state index contributed by atoms with van der Waals surface area (Å²) >= 11 is 0. The Labute approximate surface area is 129 Å². The standard InChI is InChI=1S/C15H13F3O5/c1-14(2)22-12(19)10(13(20)23-14)7-8-6-9(15(16,17)18)4-5-11(8)21-3/h4-7H,1-3H3. The molecular formula is C15H13F3O5. The molecule has 0 spiro atoms. The van der Waals surface area contributed by atoms with Crippen LogP contribution < -0.4 is 4.74 Å². The van der Waals surface area contributed by atoms with Crippen molar-refractivity contribution >= 4 is 18.0 Å². The molecule has 0 aliphatic carbocycles. The van der Waals surface area contributed by atoms with E-state index in [9.17, 15) is 22.8 Å². The number of halogens is 3. The van der Waals surface area contributed by atoms with Crippen molar-refractivity contribution in [3.05, 3.63) is 34.9 Å². The maximum atomic E-state index is 12.8. The second-order valence-electron chi connectivity index (χ2n) is 5.19. The summed E-state index contributed by atoms with van der Waals surface area (Å²) in [6.45, 7) is 2.73. The molecule has 1 aromatic rings. The molecule has 1 saturated heterocycles. The minimum atomic E-state index is -4.57. The van der Waals surface area contributed by atoms with Gasteiger partial charge >= 0.3 is 18.1 Å². The van der Waals surface area contributed by atoms with Gasteiger partial charge in [-0.1, -0.05) is 0 Å². The predicted molar refractivity (Wildman–Crippen MR) is 72.2 cm³/mol. The highest BCUT2D eigenvalue weighted by Crippen LogP contribution is 2.34. The van der Waals surface area contributed by atoms with Crippen molar-refractivity contribution in [2.24, 2.45) is 0 Å². The first-order valence-corrected chi connectivity index (χ1v) is 6.47. The molecule has 1 heterocycles. The zero-order chi connectivity index (χ0) is 17.4. The Morgan fingerprint density at radius 2 is 1.70 bits per heavy atom. The summed E-state index contributed by atoms with van der Waals surface area (Å²) in [4.78, 5) is 23.7. The van der Waals surface area contributed by atoms with Gasteiger partial charge in [-0.25, -0.2) is 9.59 Å². The number of methoxy groups -OCH3 is 1. The molecule has 0 bridgehead atoms. The van der Waals surface area contributed by atoms with E-state index in [1.165, 1.54) is 21.0 Å². The quantitative estimate of drug-likeness (QED) is 0.474. The number of hydrogen-bond donors (Lipinski definition) is 0. The molecule has 0 N–H and O–H groups in total. The second kappa shape index (κ2) is 5.60. The number of hydrogen-bond acceptors (Lipinski definition) is 5. The molecule has 1 aromatic carbocycles. The first kappa shape index (κ1) is 16.9. The zero-order valence-electron chi connectivity index (χ0n) is 12.5. The van der Waals surface area contributed by atoms with Gasteiger partial charge in [0, 0.05) is 19.4 Å². The third-order valence-electron chi connectivity index (χ3n) is 2.97. The number of alkyl halides is 3. The van der Waals surface area contributed by atoms with Crippen LogP contribution in [-0.2, 0) is 25.2 Å². The molecule has 0 aromatic heterocycles. The topological polar surface area (TPSA) is 61.8 Å². The molecule has 8 heteroatoms. The number of cyclic esters (lactones) is 2. The first-order chi connectivity index (χ1) is 10.5. The maximum Gasteiger partial charge on any atom is 0.416 e. The minimum absolute atomic E-state index is 0.0657. The maximum absolute atomic E-state index is 12.8. The fraction of sp³-hybridized carbons (Fsp3) is 0.333. The largest absolute Gasteiger partial charge is 0.496 e. The van der Waals surface area contributed by atoms with Gasteiger partial charge < -0.3 is 14.2 Å². The van der Waals surface area contributed by atoms with Crippen molar-refractivity contribution in [3.8, 4) is 5.75 Å². The number of ether oxygens (including phenoxy) is 3. The molecule has 23 heavy (non-hydrogen) atoms. The van der Waals surface area contributed by atoms with E-state index in [1.54, 1.807) is 0 Å². The third kappa shape index (κ3) is 3.64. The molecule has 0 unspecified atom stereocenters. The molecule has 0 saturated carbocycles. The Kier molecular flexibility index (Phi) is 4.10.